The second-order valence-corrected chi connectivity index (χ2v) is 6.50. The molecule has 9 nitrogen and oxygen atoms in total. The number of fused-ring (bicyclic) bond motifs is 1. The number of carbonyl (C=O) groups excluding carboxylic acids is 3. The van der Waals surface area contributed by atoms with Crippen molar-refractivity contribution in [1.29, 1.82) is 0 Å². The molecule has 2 aliphatic heterocycles. The van der Waals surface area contributed by atoms with E-state index >= 15 is 0 Å². The lowest BCUT2D eigenvalue weighted by Crippen LogP contribution is -2.43. The Bertz CT molecular complexity index is 753. The molecule has 2 heterocycles. The van der Waals surface area contributed by atoms with E-state index in [0.29, 0.717) is 43.4 Å². The maximum absolute atomic E-state index is 12.9. The number of benzene rings is 1. The third-order valence-electron chi connectivity index (χ3n) is 4.53. The minimum Gasteiger partial charge on any atom is -0.490 e. The van der Waals surface area contributed by atoms with Crippen LogP contribution < -0.4 is 20.1 Å². The van der Waals surface area contributed by atoms with E-state index < -0.39 is 23.4 Å². The van der Waals surface area contributed by atoms with Gasteiger partial charge in [-0.2, -0.15) is 0 Å². The van der Waals surface area contributed by atoms with Crippen LogP contribution in [0.5, 0.6) is 11.5 Å². The van der Waals surface area contributed by atoms with Crippen molar-refractivity contribution < 1.29 is 28.6 Å². The molecule has 2 N–H and O–H groups in total. The average molecular weight is 377 g/mol. The van der Waals surface area contributed by atoms with Gasteiger partial charge in [-0.15, -0.1) is 0 Å². The van der Waals surface area contributed by atoms with Crippen molar-refractivity contribution in [1.82, 2.24) is 15.5 Å². The summed E-state index contributed by atoms with van der Waals surface area (Å²) in [4.78, 5) is 38.1. The minimum atomic E-state index is -1.28. The zero-order valence-corrected chi connectivity index (χ0v) is 15.4. The van der Waals surface area contributed by atoms with E-state index in [2.05, 4.69) is 10.6 Å². The summed E-state index contributed by atoms with van der Waals surface area (Å²) in [6.45, 7) is 2.98. The van der Waals surface area contributed by atoms with Crippen molar-refractivity contribution in [3.8, 4) is 11.5 Å². The summed E-state index contributed by atoms with van der Waals surface area (Å²) < 4.78 is 16.1. The summed E-state index contributed by atoms with van der Waals surface area (Å²) in [6, 6.07) is 4.52. The van der Waals surface area contributed by atoms with Gasteiger partial charge in [0.15, 0.2) is 11.5 Å². The number of hydrogen-bond donors (Lipinski definition) is 2. The van der Waals surface area contributed by atoms with E-state index in [4.69, 9.17) is 14.2 Å². The van der Waals surface area contributed by atoms with Crippen LogP contribution in [0.4, 0.5) is 4.79 Å². The number of ether oxygens (including phenoxy) is 3. The van der Waals surface area contributed by atoms with Gasteiger partial charge in [0.05, 0.1) is 19.8 Å². The SMILES string of the molecule is COCCNC(=O)CN1C(=O)N[C@@](C)(c2ccc3c(c2)OCCCO3)C1=O. The third-order valence-corrected chi connectivity index (χ3v) is 4.53. The molecule has 0 aliphatic carbocycles. The van der Waals surface area contributed by atoms with E-state index in [9.17, 15) is 14.4 Å². The molecule has 1 atom stereocenters. The highest BCUT2D eigenvalue weighted by Crippen LogP contribution is 2.36. The molecule has 3 rings (SSSR count). The summed E-state index contributed by atoms with van der Waals surface area (Å²) >= 11 is 0. The molecule has 0 unspecified atom stereocenters. The first-order chi connectivity index (χ1) is 13.0. The van der Waals surface area contributed by atoms with Crippen LogP contribution in [0.2, 0.25) is 0 Å². The second kappa shape index (κ2) is 7.83. The molecule has 1 saturated heterocycles. The number of methoxy groups -OCH3 is 1. The number of carbonyl (C=O) groups is 3. The Kier molecular flexibility index (Phi) is 5.50. The Morgan fingerprint density at radius 3 is 2.78 bits per heavy atom. The van der Waals surface area contributed by atoms with Crippen molar-refractivity contribution in [2.45, 2.75) is 18.9 Å². The summed E-state index contributed by atoms with van der Waals surface area (Å²) in [6.07, 6.45) is 0.767. The largest absolute Gasteiger partial charge is 0.490 e. The number of nitrogens with one attached hydrogen (secondary N) is 2. The van der Waals surface area contributed by atoms with Gasteiger partial charge in [0.25, 0.3) is 5.91 Å². The molecule has 146 valence electrons. The number of urea groups is 1. The highest BCUT2D eigenvalue weighted by atomic mass is 16.5. The van der Waals surface area contributed by atoms with Gasteiger partial charge in [-0.3, -0.25) is 14.5 Å². The molecule has 1 aromatic carbocycles. The average Bonchev–Trinajstić information content (AvgIpc) is 2.83. The number of rotatable bonds is 6. The predicted octanol–water partition coefficient (Wildman–Crippen LogP) is 0.378. The van der Waals surface area contributed by atoms with Crippen molar-refractivity contribution in [3.05, 3.63) is 23.8 Å². The van der Waals surface area contributed by atoms with E-state index in [1.165, 1.54) is 7.11 Å². The Morgan fingerprint density at radius 2 is 2.04 bits per heavy atom. The number of amides is 4. The maximum Gasteiger partial charge on any atom is 0.325 e. The van der Waals surface area contributed by atoms with Crippen LogP contribution in [0.15, 0.2) is 18.2 Å². The highest BCUT2D eigenvalue weighted by Gasteiger charge is 2.49. The monoisotopic (exact) mass is 377 g/mol. The second-order valence-electron chi connectivity index (χ2n) is 6.50. The smallest absolute Gasteiger partial charge is 0.325 e. The van der Waals surface area contributed by atoms with Gasteiger partial charge in [-0.05, 0) is 24.6 Å². The Hall–Kier alpha value is -2.81. The fourth-order valence-corrected chi connectivity index (χ4v) is 3.00. The van der Waals surface area contributed by atoms with Crippen LogP contribution in [0, 0.1) is 0 Å². The van der Waals surface area contributed by atoms with Gasteiger partial charge in [0.1, 0.15) is 12.1 Å². The van der Waals surface area contributed by atoms with Gasteiger partial charge >= 0.3 is 6.03 Å². The molecular formula is C18H23N3O6. The quantitative estimate of drug-likeness (QED) is 0.548. The summed E-state index contributed by atoms with van der Waals surface area (Å²) in [5.41, 5.74) is -0.721. The zero-order chi connectivity index (χ0) is 19.4. The van der Waals surface area contributed by atoms with Crippen molar-refractivity contribution in [2.75, 3.05) is 40.0 Å². The van der Waals surface area contributed by atoms with E-state index in [0.717, 1.165) is 11.3 Å². The number of imide groups is 1. The van der Waals surface area contributed by atoms with Gasteiger partial charge < -0.3 is 24.8 Å². The molecule has 0 spiro atoms. The number of hydrogen-bond acceptors (Lipinski definition) is 6. The van der Waals surface area contributed by atoms with Gasteiger partial charge in [0, 0.05) is 20.1 Å². The Balaban J connectivity index is 1.76. The maximum atomic E-state index is 12.9. The van der Waals surface area contributed by atoms with Crippen LogP contribution in [-0.2, 0) is 19.9 Å². The molecule has 4 amide bonds. The molecule has 27 heavy (non-hydrogen) atoms. The fraction of sp³-hybridized carbons (Fsp3) is 0.500. The minimum absolute atomic E-state index is 0.304. The van der Waals surface area contributed by atoms with Crippen LogP contribution in [0.1, 0.15) is 18.9 Å². The normalized spacial score (nSPS) is 21.6. The molecule has 0 saturated carbocycles. The van der Waals surface area contributed by atoms with Gasteiger partial charge in [0.2, 0.25) is 5.91 Å². The van der Waals surface area contributed by atoms with Gasteiger partial charge in [-0.25, -0.2) is 4.79 Å². The molecule has 2 aliphatic rings. The first kappa shape index (κ1) is 19.0. The third kappa shape index (κ3) is 3.82. The first-order valence-electron chi connectivity index (χ1n) is 8.75. The highest BCUT2D eigenvalue weighted by molar-refractivity contribution is 6.09. The molecular weight excluding hydrogens is 354 g/mol. The van der Waals surface area contributed by atoms with Crippen LogP contribution in [0.3, 0.4) is 0 Å². The number of nitrogens with zero attached hydrogens (tertiary/aromatic N) is 1. The molecule has 1 fully saturated rings. The lowest BCUT2D eigenvalue weighted by atomic mass is 9.91. The zero-order valence-electron chi connectivity index (χ0n) is 15.4. The molecule has 0 bridgehead atoms. The summed E-state index contributed by atoms with van der Waals surface area (Å²) in [7, 11) is 1.52. The predicted molar refractivity (Wildman–Crippen MR) is 94.5 cm³/mol. The van der Waals surface area contributed by atoms with Crippen molar-refractivity contribution in [3.63, 3.8) is 0 Å². The summed E-state index contributed by atoms with van der Waals surface area (Å²) in [5.74, 6) is 0.206. The van der Waals surface area contributed by atoms with E-state index in [-0.39, 0.29) is 6.54 Å². The van der Waals surface area contributed by atoms with E-state index in [1.807, 2.05) is 0 Å². The summed E-state index contributed by atoms with van der Waals surface area (Å²) in [5, 5.41) is 5.27. The molecule has 1 aromatic rings. The Labute approximate surface area is 156 Å². The van der Waals surface area contributed by atoms with Crippen molar-refractivity contribution in [2.24, 2.45) is 0 Å². The fourth-order valence-electron chi connectivity index (χ4n) is 3.00. The van der Waals surface area contributed by atoms with Gasteiger partial charge in [-0.1, -0.05) is 6.07 Å². The standard InChI is InChI=1S/C18H23N3O6/c1-18(12-4-5-13-14(10-12)27-8-3-7-26-13)16(23)21(17(24)20-18)11-15(22)19-6-9-25-2/h4-5,10H,3,6-9,11H2,1-2H3,(H,19,22)(H,20,24)/t18-/m0/s1. The van der Waals surface area contributed by atoms with Crippen molar-refractivity contribution >= 4 is 17.8 Å². The molecule has 9 heteroatoms. The van der Waals surface area contributed by atoms with Crippen LogP contribution in [0.25, 0.3) is 0 Å². The molecule has 0 aromatic heterocycles. The molecule has 0 radical (unpaired) electrons. The van der Waals surface area contributed by atoms with E-state index in [1.54, 1.807) is 25.1 Å². The first-order valence-corrected chi connectivity index (χ1v) is 8.75. The lowest BCUT2D eigenvalue weighted by molar-refractivity contribution is -0.134. The lowest BCUT2D eigenvalue weighted by Gasteiger charge is -2.23. The van der Waals surface area contributed by atoms with Crippen LogP contribution >= 0.6 is 0 Å². The topological polar surface area (TPSA) is 106 Å². The Morgan fingerprint density at radius 1 is 1.30 bits per heavy atom. The van der Waals surface area contributed by atoms with Crippen LogP contribution in [-0.4, -0.2) is 62.8 Å².